The van der Waals surface area contributed by atoms with Crippen LogP contribution < -0.4 is 5.32 Å². The molecule has 14 heavy (non-hydrogen) atoms. The quantitative estimate of drug-likeness (QED) is 0.691. The lowest BCUT2D eigenvalue weighted by Crippen LogP contribution is -2.39. The smallest absolute Gasteiger partial charge is 0.0623 e. The first-order chi connectivity index (χ1) is 6.77. The van der Waals surface area contributed by atoms with Gasteiger partial charge in [-0.1, -0.05) is 13.3 Å². The van der Waals surface area contributed by atoms with E-state index in [0.29, 0.717) is 12.0 Å². The van der Waals surface area contributed by atoms with E-state index in [2.05, 4.69) is 24.2 Å². The highest BCUT2D eigenvalue weighted by Crippen LogP contribution is 2.14. The average Bonchev–Trinajstić information content (AvgIpc) is 2.62. The molecule has 1 saturated heterocycles. The zero-order valence-corrected chi connectivity index (χ0v) is 9.75. The van der Waals surface area contributed by atoms with Gasteiger partial charge in [-0.15, -0.1) is 0 Å². The van der Waals surface area contributed by atoms with Crippen LogP contribution in [0.25, 0.3) is 0 Å². The van der Waals surface area contributed by atoms with Gasteiger partial charge >= 0.3 is 0 Å². The minimum Gasteiger partial charge on any atom is -0.379 e. The Balaban J connectivity index is 2.21. The molecule has 0 saturated carbocycles. The molecule has 0 aromatic rings. The van der Waals surface area contributed by atoms with Crippen LogP contribution in [0, 0.1) is 5.92 Å². The third-order valence-corrected chi connectivity index (χ3v) is 3.01. The van der Waals surface area contributed by atoms with Crippen LogP contribution in [0.4, 0.5) is 0 Å². The maximum atomic E-state index is 5.48. The van der Waals surface area contributed by atoms with Crippen LogP contribution in [-0.2, 0) is 4.74 Å². The lowest BCUT2D eigenvalue weighted by molar-refractivity contribution is 0.173. The van der Waals surface area contributed by atoms with Gasteiger partial charge in [0.15, 0.2) is 0 Å². The number of rotatable bonds is 6. The summed E-state index contributed by atoms with van der Waals surface area (Å²) in [7, 11) is 4.24. The Morgan fingerprint density at radius 2 is 2.21 bits per heavy atom. The Labute approximate surface area is 87.8 Å². The van der Waals surface area contributed by atoms with Crippen molar-refractivity contribution in [3.05, 3.63) is 0 Å². The van der Waals surface area contributed by atoms with Gasteiger partial charge in [-0.05, 0) is 27.1 Å². The molecule has 1 aliphatic rings. The lowest BCUT2D eigenvalue weighted by atomic mass is 10.0. The molecular weight excluding hydrogens is 176 g/mol. The van der Waals surface area contributed by atoms with Crippen LogP contribution in [0.15, 0.2) is 0 Å². The second-order valence-corrected chi connectivity index (χ2v) is 4.31. The monoisotopic (exact) mass is 200 g/mol. The van der Waals surface area contributed by atoms with Crippen molar-refractivity contribution in [3.63, 3.8) is 0 Å². The van der Waals surface area contributed by atoms with Crippen molar-refractivity contribution in [1.82, 2.24) is 10.2 Å². The van der Waals surface area contributed by atoms with Crippen molar-refractivity contribution >= 4 is 0 Å². The summed E-state index contributed by atoms with van der Waals surface area (Å²) >= 11 is 0. The predicted molar refractivity (Wildman–Crippen MR) is 59.6 cm³/mol. The zero-order chi connectivity index (χ0) is 10.4. The Hall–Kier alpha value is -0.120. The normalized spacial score (nSPS) is 27.4. The van der Waals surface area contributed by atoms with Crippen LogP contribution in [0.5, 0.6) is 0 Å². The number of nitrogens with one attached hydrogen (secondary N) is 1. The lowest BCUT2D eigenvalue weighted by Gasteiger charge is -2.23. The van der Waals surface area contributed by atoms with Gasteiger partial charge in [0.1, 0.15) is 0 Å². The van der Waals surface area contributed by atoms with Crippen LogP contribution >= 0.6 is 0 Å². The number of likely N-dealkylation sites (N-methyl/N-ethyl adjacent to an activating group) is 1. The summed E-state index contributed by atoms with van der Waals surface area (Å²) in [5.41, 5.74) is 0. The van der Waals surface area contributed by atoms with Crippen LogP contribution in [0.3, 0.4) is 0 Å². The number of hydrogen-bond donors (Lipinski definition) is 1. The minimum atomic E-state index is 0.555. The van der Waals surface area contributed by atoms with Crippen molar-refractivity contribution in [2.45, 2.75) is 25.8 Å². The highest BCUT2D eigenvalue weighted by atomic mass is 16.5. The SMILES string of the molecule is CCCCN(C)CC1COCC1NC. The van der Waals surface area contributed by atoms with Gasteiger partial charge in [0.2, 0.25) is 0 Å². The molecule has 0 aromatic carbocycles. The molecule has 0 amide bonds. The molecule has 0 radical (unpaired) electrons. The summed E-state index contributed by atoms with van der Waals surface area (Å²) in [6.07, 6.45) is 2.58. The van der Waals surface area contributed by atoms with E-state index in [9.17, 15) is 0 Å². The first kappa shape index (κ1) is 12.0. The fourth-order valence-corrected chi connectivity index (χ4v) is 2.02. The molecule has 84 valence electrons. The van der Waals surface area contributed by atoms with E-state index in [0.717, 1.165) is 19.8 Å². The molecule has 1 heterocycles. The highest BCUT2D eigenvalue weighted by molar-refractivity contribution is 4.81. The van der Waals surface area contributed by atoms with E-state index in [1.807, 2.05) is 7.05 Å². The number of ether oxygens (including phenoxy) is 1. The van der Waals surface area contributed by atoms with E-state index in [1.54, 1.807) is 0 Å². The van der Waals surface area contributed by atoms with Gasteiger partial charge in [-0.2, -0.15) is 0 Å². The summed E-state index contributed by atoms with van der Waals surface area (Å²) in [6, 6.07) is 0.555. The minimum absolute atomic E-state index is 0.555. The molecular formula is C11H24N2O. The predicted octanol–water partition coefficient (Wildman–Crippen LogP) is 0.953. The zero-order valence-electron chi connectivity index (χ0n) is 9.75. The average molecular weight is 200 g/mol. The van der Waals surface area contributed by atoms with Gasteiger partial charge in [0.25, 0.3) is 0 Å². The molecule has 1 N–H and O–H groups in total. The number of nitrogens with zero attached hydrogens (tertiary/aromatic N) is 1. The summed E-state index contributed by atoms with van der Waals surface area (Å²) in [6.45, 7) is 6.41. The molecule has 0 aliphatic carbocycles. The van der Waals surface area contributed by atoms with Crippen LogP contribution in [0.2, 0.25) is 0 Å². The van der Waals surface area contributed by atoms with Gasteiger partial charge in [-0.25, -0.2) is 0 Å². The second kappa shape index (κ2) is 6.38. The molecule has 3 heteroatoms. The third-order valence-electron chi connectivity index (χ3n) is 3.01. The maximum Gasteiger partial charge on any atom is 0.0623 e. The van der Waals surface area contributed by atoms with Crippen molar-refractivity contribution in [2.24, 2.45) is 5.92 Å². The molecule has 3 nitrogen and oxygen atoms in total. The fourth-order valence-electron chi connectivity index (χ4n) is 2.02. The van der Waals surface area contributed by atoms with Crippen molar-refractivity contribution in [3.8, 4) is 0 Å². The number of unbranched alkanes of at least 4 members (excludes halogenated alkanes) is 1. The third kappa shape index (κ3) is 3.56. The van der Waals surface area contributed by atoms with E-state index < -0.39 is 0 Å². The Morgan fingerprint density at radius 3 is 2.86 bits per heavy atom. The Morgan fingerprint density at radius 1 is 1.43 bits per heavy atom. The molecule has 0 spiro atoms. The molecule has 1 rings (SSSR count). The van der Waals surface area contributed by atoms with Crippen LogP contribution in [-0.4, -0.2) is 51.3 Å². The fraction of sp³-hybridized carbons (Fsp3) is 1.00. The summed E-state index contributed by atoms with van der Waals surface area (Å²) in [4.78, 5) is 2.42. The second-order valence-electron chi connectivity index (χ2n) is 4.31. The van der Waals surface area contributed by atoms with E-state index in [-0.39, 0.29) is 0 Å². The van der Waals surface area contributed by atoms with E-state index >= 15 is 0 Å². The van der Waals surface area contributed by atoms with Crippen molar-refractivity contribution in [1.29, 1.82) is 0 Å². The van der Waals surface area contributed by atoms with Crippen molar-refractivity contribution in [2.75, 3.05) is 40.4 Å². The maximum absolute atomic E-state index is 5.48. The molecule has 0 aromatic heterocycles. The molecule has 0 bridgehead atoms. The van der Waals surface area contributed by atoms with Gasteiger partial charge in [0, 0.05) is 18.5 Å². The van der Waals surface area contributed by atoms with Crippen LogP contribution in [0.1, 0.15) is 19.8 Å². The largest absolute Gasteiger partial charge is 0.379 e. The first-order valence-electron chi connectivity index (χ1n) is 5.71. The Kier molecular flexibility index (Phi) is 5.45. The number of hydrogen-bond acceptors (Lipinski definition) is 3. The standard InChI is InChI=1S/C11H24N2O/c1-4-5-6-13(3)7-10-8-14-9-11(10)12-2/h10-12H,4-9H2,1-3H3. The summed E-state index contributed by atoms with van der Waals surface area (Å²) in [5.74, 6) is 0.668. The summed E-state index contributed by atoms with van der Waals surface area (Å²) in [5, 5.41) is 3.32. The first-order valence-corrected chi connectivity index (χ1v) is 5.71. The topological polar surface area (TPSA) is 24.5 Å². The highest BCUT2D eigenvalue weighted by Gasteiger charge is 2.27. The molecule has 2 unspecified atom stereocenters. The Bertz CT molecular complexity index is 152. The van der Waals surface area contributed by atoms with Crippen molar-refractivity contribution < 1.29 is 4.74 Å². The van der Waals surface area contributed by atoms with E-state index in [1.165, 1.54) is 19.4 Å². The van der Waals surface area contributed by atoms with Gasteiger partial charge < -0.3 is 15.0 Å². The summed E-state index contributed by atoms with van der Waals surface area (Å²) < 4.78 is 5.48. The molecule has 1 fully saturated rings. The van der Waals surface area contributed by atoms with Gasteiger partial charge in [0.05, 0.1) is 13.2 Å². The van der Waals surface area contributed by atoms with Gasteiger partial charge in [-0.3, -0.25) is 0 Å². The molecule has 1 aliphatic heterocycles. The molecule has 2 atom stereocenters. The van der Waals surface area contributed by atoms with E-state index in [4.69, 9.17) is 4.74 Å².